The van der Waals surface area contributed by atoms with Gasteiger partial charge in [0.15, 0.2) is 0 Å². The van der Waals surface area contributed by atoms with Crippen molar-refractivity contribution in [2.24, 2.45) is 11.8 Å². The van der Waals surface area contributed by atoms with E-state index in [1.165, 1.54) is 17.0 Å². The number of halogens is 3. The minimum absolute atomic E-state index is 0.0679. The monoisotopic (exact) mass is 301 g/mol. The maximum atomic E-state index is 12.9. The van der Waals surface area contributed by atoms with E-state index in [9.17, 15) is 22.8 Å². The molecule has 1 saturated heterocycles. The van der Waals surface area contributed by atoms with Gasteiger partial charge in [-0.3, -0.25) is 9.59 Å². The van der Waals surface area contributed by atoms with Gasteiger partial charge in [0, 0.05) is 13.1 Å². The average Bonchev–Trinajstić information content (AvgIpc) is 2.79. The van der Waals surface area contributed by atoms with Crippen LogP contribution in [0.25, 0.3) is 0 Å². The SMILES string of the molecule is C[C@@H]1CN(C(=O)c2ccccc2C(F)(F)F)C[C@H]1C(=O)O. The standard InChI is InChI=1S/C14H14F3NO3/c1-8-6-18(7-10(8)13(20)21)12(19)9-4-2-3-5-11(9)14(15,16)17/h2-5,8,10H,6-7H2,1H3,(H,20,21)/t8-,10-/m1/s1. The van der Waals surface area contributed by atoms with Crippen LogP contribution in [0, 0.1) is 11.8 Å². The van der Waals surface area contributed by atoms with Crippen LogP contribution in [0.5, 0.6) is 0 Å². The summed E-state index contributed by atoms with van der Waals surface area (Å²) in [6.07, 6.45) is -4.62. The van der Waals surface area contributed by atoms with Gasteiger partial charge in [-0.25, -0.2) is 0 Å². The molecule has 2 rings (SSSR count). The molecule has 1 aromatic rings. The summed E-state index contributed by atoms with van der Waals surface area (Å²) in [4.78, 5) is 24.5. The van der Waals surface area contributed by atoms with Gasteiger partial charge in [0.05, 0.1) is 17.0 Å². The number of carbonyl (C=O) groups is 2. The zero-order valence-corrected chi connectivity index (χ0v) is 11.2. The van der Waals surface area contributed by atoms with Gasteiger partial charge in [-0.05, 0) is 18.1 Å². The minimum atomic E-state index is -4.62. The number of benzene rings is 1. The van der Waals surface area contributed by atoms with Crippen LogP contribution in [-0.2, 0) is 11.0 Å². The molecule has 4 nitrogen and oxygen atoms in total. The Morgan fingerprint density at radius 1 is 1.24 bits per heavy atom. The maximum absolute atomic E-state index is 12.9. The van der Waals surface area contributed by atoms with Crippen LogP contribution in [0.1, 0.15) is 22.8 Å². The number of likely N-dealkylation sites (tertiary alicyclic amines) is 1. The molecule has 1 aliphatic rings. The van der Waals surface area contributed by atoms with E-state index in [4.69, 9.17) is 5.11 Å². The molecule has 1 aliphatic heterocycles. The minimum Gasteiger partial charge on any atom is -0.481 e. The Morgan fingerprint density at radius 2 is 1.86 bits per heavy atom. The number of amides is 1. The molecular weight excluding hydrogens is 287 g/mol. The molecular formula is C14H14F3NO3. The molecule has 114 valence electrons. The highest BCUT2D eigenvalue weighted by Crippen LogP contribution is 2.33. The van der Waals surface area contributed by atoms with E-state index in [0.717, 1.165) is 12.1 Å². The van der Waals surface area contributed by atoms with Crippen molar-refractivity contribution in [3.05, 3.63) is 35.4 Å². The van der Waals surface area contributed by atoms with E-state index in [-0.39, 0.29) is 19.0 Å². The number of nitrogens with zero attached hydrogens (tertiary/aromatic N) is 1. The summed E-state index contributed by atoms with van der Waals surface area (Å²) >= 11 is 0. The third-order valence-electron chi connectivity index (χ3n) is 3.68. The maximum Gasteiger partial charge on any atom is 0.417 e. The van der Waals surface area contributed by atoms with Crippen LogP contribution in [-0.4, -0.2) is 35.0 Å². The second kappa shape index (κ2) is 5.38. The van der Waals surface area contributed by atoms with Crippen LogP contribution in [0.4, 0.5) is 13.2 Å². The fraction of sp³-hybridized carbons (Fsp3) is 0.429. The molecule has 1 fully saturated rings. The number of hydrogen-bond donors (Lipinski definition) is 1. The second-order valence-electron chi connectivity index (χ2n) is 5.18. The van der Waals surface area contributed by atoms with Crippen molar-refractivity contribution >= 4 is 11.9 Å². The Kier molecular flexibility index (Phi) is 3.93. The van der Waals surface area contributed by atoms with Crippen molar-refractivity contribution in [2.75, 3.05) is 13.1 Å². The lowest BCUT2D eigenvalue weighted by atomic mass is 9.99. The molecule has 0 radical (unpaired) electrons. The lowest BCUT2D eigenvalue weighted by molar-refractivity contribution is -0.142. The summed E-state index contributed by atoms with van der Waals surface area (Å²) in [5.74, 6) is -2.85. The van der Waals surface area contributed by atoms with Gasteiger partial charge >= 0.3 is 12.1 Å². The Morgan fingerprint density at radius 3 is 2.38 bits per heavy atom. The van der Waals surface area contributed by atoms with Gasteiger partial charge in [-0.1, -0.05) is 19.1 Å². The zero-order valence-electron chi connectivity index (χ0n) is 11.2. The van der Waals surface area contributed by atoms with Crippen LogP contribution in [0.15, 0.2) is 24.3 Å². The van der Waals surface area contributed by atoms with Crippen LogP contribution in [0.2, 0.25) is 0 Å². The Bertz CT molecular complexity index is 571. The largest absolute Gasteiger partial charge is 0.481 e. The highest BCUT2D eigenvalue weighted by molar-refractivity contribution is 5.96. The predicted molar refractivity (Wildman–Crippen MR) is 67.6 cm³/mol. The van der Waals surface area contributed by atoms with Crippen molar-refractivity contribution < 1.29 is 27.9 Å². The Hall–Kier alpha value is -2.05. The highest BCUT2D eigenvalue weighted by Gasteiger charge is 2.40. The molecule has 0 aliphatic carbocycles. The molecule has 0 spiro atoms. The zero-order chi connectivity index (χ0) is 15.8. The third-order valence-corrected chi connectivity index (χ3v) is 3.68. The average molecular weight is 301 g/mol. The molecule has 0 saturated carbocycles. The lowest BCUT2D eigenvalue weighted by Crippen LogP contribution is -2.31. The summed E-state index contributed by atoms with van der Waals surface area (Å²) in [5.41, 5.74) is -1.44. The van der Waals surface area contributed by atoms with Gasteiger partial charge < -0.3 is 10.0 Å². The van der Waals surface area contributed by atoms with E-state index < -0.39 is 35.1 Å². The first kappa shape index (κ1) is 15.3. The predicted octanol–water partition coefficient (Wildman–Crippen LogP) is 2.50. The number of aliphatic carboxylic acids is 1. The first-order valence-electron chi connectivity index (χ1n) is 6.40. The van der Waals surface area contributed by atoms with Crippen molar-refractivity contribution in [1.29, 1.82) is 0 Å². The van der Waals surface area contributed by atoms with Gasteiger partial charge in [-0.2, -0.15) is 13.2 Å². The summed E-state index contributed by atoms with van der Waals surface area (Å²) in [6.45, 7) is 1.74. The van der Waals surface area contributed by atoms with E-state index in [0.29, 0.717) is 0 Å². The van der Waals surface area contributed by atoms with Crippen molar-refractivity contribution in [3.8, 4) is 0 Å². The van der Waals surface area contributed by atoms with Crippen molar-refractivity contribution in [1.82, 2.24) is 4.90 Å². The summed E-state index contributed by atoms with van der Waals surface area (Å²) in [6, 6.07) is 4.54. The summed E-state index contributed by atoms with van der Waals surface area (Å²) in [7, 11) is 0. The Labute approximate surface area is 119 Å². The smallest absolute Gasteiger partial charge is 0.417 e. The van der Waals surface area contributed by atoms with E-state index in [1.807, 2.05) is 0 Å². The number of alkyl halides is 3. The molecule has 21 heavy (non-hydrogen) atoms. The van der Waals surface area contributed by atoms with Gasteiger partial charge in [-0.15, -0.1) is 0 Å². The van der Waals surface area contributed by atoms with Crippen LogP contribution in [0.3, 0.4) is 0 Å². The molecule has 1 heterocycles. The van der Waals surface area contributed by atoms with Crippen molar-refractivity contribution in [3.63, 3.8) is 0 Å². The topological polar surface area (TPSA) is 57.6 Å². The second-order valence-corrected chi connectivity index (χ2v) is 5.18. The van der Waals surface area contributed by atoms with E-state index in [1.54, 1.807) is 6.92 Å². The summed E-state index contributed by atoms with van der Waals surface area (Å²) in [5, 5.41) is 9.02. The Balaban J connectivity index is 2.29. The highest BCUT2D eigenvalue weighted by atomic mass is 19.4. The number of carboxylic acids is 1. The first-order valence-corrected chi connectivity index (χ1v) is 6.40. The van der Waals surface area contributed by atoms with Gasteiger partial charge in [0.25, 0.3) is 5.91 Å². The van der Waals surface area contributed by atoms with Gasteiger partial charge in [0.2, 0.25) is 0 Å². The normalized spacial score (nSPS) is 22.4. The lowest BCUT2D eigenvalue weighted by Gasteiger charge is -2.19. The molecule has 7 heteroatoms. The van der Waals surface area contributed by atoms with Crippen LogP contribution >= 0.6 is 0 Å². The fourth-order valence-electron chi connectivity index (χ4n) is 2.54. The third kappa shape index (κ3) is 3.01. The fourth-order valence-corrected chi connectivity index (χ4v) is 2.54. The van der Waals surface area contributed by atoms with Crippen molar-refractivity contribution in [2.45, 2.75) is 13.1 Å². The molecule has 1 amide bonds. The first-order chi connectivity index (χ1) is 9.71. The number of hydrogen-bond acceptors (Lipinski definition) is 2. The summed E-state index contributed by atoms with van der Waals surface area (Å²) < 4.78 is 38.7. The molecule has 1 N–H and O–H groups in total. The molecule has 0 bridgehead atoms. The molecule has 1 aromatic carbocycles. The van der Waals surface area contributed by atoms with Gasteiger partial charge in [0.1, 0.15) is 0 Å². The molecule has 2 atom stereocenters. The number of rotatable bonds is 2. The number of carboxylic acid groups (broad SMARTS) is 1. The molecule has 0 unspecified atom stereocenters. The quantitative estimate of drug-likeness (QED) is 0.913. The molecule has 0 aromatic heterocycles. The van der Waals surface area contributed by atoms with E-state index in [2.05, 4.69) is 0 Å². The van der Waals surface area contributed by atoms with E-state index >= 15 is 0 Å². The number of carbonyl (C=O) groups excluding carboxylic acids is 1. The van der Waals surface area contributed by atoms with Crippen LogP contribution < -0.4 is 0 Å².